The van der Waals surface area contributed by atoms with Crippen molar-refractivity contribution in [1.82, 2.24) is 9.97 Å². The van der Waals surface area contributed by atoms with Crippen LogP contribution in [0.25, 0.3) is 10.9 Å². The fourth-order valence-corrected chi connectivity index (χ4v) is 4.26. The van der Waals surface area contributed by atoms with Gasteiger partial charge in [-0.15, -0.1) is 0 Å². The van der Waals surface area contributed by atoms with E-state index in [1.807, 2.05) is 6.07 Å². The fraction of sp³-hybridized carbons (Fsp3) is 0.360. The third kappa shape index (κ3) is 4.68. The molecule has 10 heteroatoms. The van der Waals surface area contributed by atoms with Gasteiger partial charge in [-0.2, -0.15) is 18.4 Å². The topological polar surface area (TPSA) is 103 Å². The smallest absolute Gasteiger partial charge is 0.423 e. The van der Waals surface area contributed by atoms with E-state index in [1.165, 1.54) is 27.9 Å². The Hall–Kier alpha value is -3.58. The van der Waals surface area contributed by atoms with Crippen molar-refractivity contribution in [2.75, 3.05) is 7.11 Å². The number of para-hydroxylation sites is 1. The minimum Gasteiger partial charge on any atom is -0.496 e. The van der Waals surface area contributed by atoms with E-state index in [-0.39, 0.29) is 34.5 Å². The molecule has 0 spiro atoms. The van der Waals surface area contributed by atoms with Crippen molar-refractivity contribution >= 4 is 16.6 Å². The van der Waals surface area contributed by atoms with Gasteiger partial charge in [0.2, 0.25) is 5.60 Å². The number of rotatable bonds is 7. The van der Waals surface area contributed by atoms with Gasteiger partial charge in [-0.1, -0.05) is 32.0 Å². The van der Waals surface area contributed by atoms with Crippen molar-refractivity contribution < 1.29 is 27.4 Å². The van der Waals surface area contributed by atoms with Crippen molar-refractivity contribution in [3.05, 3.63) is 64.9 Å². The summed E-state index contributed by atoms with van der Waals surface area (Å²) in [6.07, 6.45) is -5.07. The second-order valence-corrected chi connectivity index (χ2v) is 8.90. The van der Waals surface area contributed by atoms with Crippen molar-refractivity contribution in [2.24, 2.45) is 0 Å². The van der Waals surface area contributed by atoms with Crippen LogP contribution in [0.1, 0.15) is 42.8 Å². The lowest BCUT2D eigenvalue weighted by molar-refractivity contribution is -0.236. The van der Waals surface area contributed by atoms with E-state index < -0.39 is 35.1 Å². The molecule has 0 aliphatic rings. The SMILES string of the molecule is COc1c(CC#N)cccc1C(C)(C)CC(O)(C(=N)c1ccc(F)c2nc(C)ncc12)C(F)(F)F. The summed E-state index contributed by atoms with van der Waals surface area (Å²) in [5, 5.41) is 28.6. The maximum absolute atomic E-state index is 14.4. The van der Waals surface area contributed by atoms with Crippen molar-refractivity contribution in [2.45, 2.75) is 50.8 Å². The van der Waals surface area contributed by atoms with Crippen LogP contribution in [0, 0.1) is 29.5 Å². The Labute approximate surface area is 199 Å². The molecule has 1 unspecified atom stereocenters. The Morgan fingerprint density at radius 1 is 1.20 bits per heavy atom. The molecule has 0 bridgehead atoms. The van der Waals surface area contributed by atoms with Crippen LogP contribution in [0.2, 0.25) is 0 Å². The largest absolute Gasteiger partial charge is 0.496 e. The van der Waals surface area contributed by atoms with Crippen LogP contribution in [-0.2, 0) is 11.8 Å². The number of aliphatic hydroxyl groups is 1. The molecule has 35 heavy (non-hydrogen) atoms. The minimum atomic E-state index is -5.24. The number of hydrogen-bond acceptors (Lipinski definition) is 6. The zero-order valence-corrected chi connectivity index (χ0v) is 19.6. The molecule has 2 N–H and O–H groups in total. The third-order valence-electron chi connectivity index (χ3n) is 5.97. The standard InChI is InChI=1S/C25H24F4N4O2/c1-14-32-12-17-16(8-9-19(26)20(17)33-14)22(31)24(34,25(27,28)29)13-23(2,3)18-7-5-6-15(10-11-30)21(18)35-4/h5-9,12,31,34H,10,13H2,1-4H3. The van der Waals surface area contributed by atoms with Crippen LogP contribution < -0.4 is 4.74 Å². The first-order valence-electron chi connectivity index (χ1n) is 10.6. The maximum Gasteiger partial charge on any atom is 0.423 e. The highest BCUT2D eigenvalue weighted by atomic mass is 19.4. The average molecular weight is 488 g/mol. The molecular weight excluding hydrogens is 464 g/mol. The Kier molecular flexibility index (Phi) is 6.86. The summed E-state index contributed by atoms with van der Waals surface area (Å²) in [4.78, 5) is 7.87. The fourth-order valence-electron chi connectivity index (χ4n) is 4.26. The van der Waals surface area contributed by atoms with Crippen LogP contribution in [0.3, 0.4) is 0 Å². The van der Waals surface area contributed by atoms with E-state index in [0.29, 0.717) is 11.1 Å². The summed E-state index contributed by atoms with van der Waals surface area (Å²) in [7, 11) is 1.35. The van der Waals surface area contributed by atoms with Crippen LogP contribution in [0.15, 0.2) is 36.5 Å². The number of fused-ring (bicyclic) bond motifs is 1. The number of halogens is 4. The average Bonchev–Trinajstić information content (AvgIpc) is 2.78. The highest BCUT2D eigenvalue weighted by Crippen LogP contribution is 2.46. The summed E-state index contributed by atoms with van der Waals surface area (Å²) in [5.74, 6) is -0.333. The number of nitrogens with zero attached hydrogens (tertiary/aromatic N) is 3. The second-order valence-electron chi connectivity index (χ2n) is 8.90. The van der Waals surface area contributed by atoms with E-state index >= 15 is 0 Å². The third-order valence-corrected chi connectivity index (χ3v) is 5.97. The Bertz CT molecular complexity index is 1330. The molecular formula is C25H24F4N4O2. The number of aromatic nitrogens is 2. The number of methoxy groups -OCH3 is 1. The van der Waals surface area contributed by atoms with Gasteiger partial charge in [-0.05, 0) is 24.5 Å². The summed E-state index contributed by atoms with van der Waals surface area (Å²) < 4.78 is 63.1. The lowest BCUT2D eigenvalue weighted by atomic mass is 9.71. The molecule has 1 aromatic heterocycles. The van der Waals surface area contributed by atoms with Gasteiger partial charge in [-0.25, -0.2) is 14.4 Å². The van der Waals surface area contributed by atoms with Crippen LogP contribution in [-0.4, -0.2) is 39.7 Å². The van der Waals surface area contributed by atoms with Crippen LogP contribution >= 0.6 is 0 Å². The molecule has 1 atom stereocenters. The molecule has 0 radical (unpaired) electrons. The maximum atomic E-state index is 14.4. The van der Waals surface area contributed by atoms with E-state index in [9.17, 15) is 22.7 Å². The molecule has 0 amide bonds. The van der Waals surface area contributed by atoms with Crippen molar-refractivity contribution in [1.29, 1.82) is 10.7 Å². The van der Waals surface area contributed by atoms with Gasteiger partial charge < -0.3 is 15.3 Å². The second kappa shape index (κ2) is 9.23. The molecule has 0 aliphatic carbocycles. The summed E-state index contributed by atoms with van der Waals surface area (Å²) in [6.45, 7) is 4.47. The summed E-state index contributed by atoms with van der Waals surface area (Å²) in [5.41, 5.74) is -5.87. The van der Waals surface area contributed by atoms with Gasteiger partial charge in [0.1, 0.15) is 22.9 Å². The van der Waals surface area contributed by atoms with E-state index in [2.05, 4.69) is 9.97 Å². The first-order chi connectivity index (χ1) is 16.3. The van der Waals surface area contributed by atoms with Crippen molar-refractivity contribution in [3.8, 4) is 11.8 Å². The number of alkyl halides is 3. The predicted octanol–water partition coefficient (Wildman–Crippen LogP) is 5.18. The zero-order valence-electron chi connectivity index (χ0n) is 19.6. The summed E-state index contributed by atoms with van der Waals surface area (Å²) >= 11 is 0. The van der Waals surface area contributed by atoms with E-state index in [4.69, 9.17) is 15.4 Å². The first kappa shape index (κ1) is 26.0. The number of ether oxygens (including phenoxy) is 1. The Morgan fingerprint density at radius 3 is 2.49 bits per heavy atom. The van der Waals surface area contributed by atoms with Gasteiger partial charge in [0.15, 0.2) is 0 Å². The number of nitrogens with one attached hydrogen (secondary N) is 1. The molecule has 184 valence electrons. The lowest BCUT2D eigenvalue weighted by Gasteiger charge is -2.39. The molecule has 3 rings (SSSR count). The van der Waals surface area contributed by atoms with E-state index in [0.717, 1.165) is 18.3 Å². The van der Waals surface area contributed by atoms with Crippen LogP contribution in [0.5, 0.6) is 5.75 Å². The lowest BCUT2D eigenvalue weighted by Crippen LogP contribution is -2.55. The number of hydrogen-bond donors (Lipinski definition) is 2. The molecule has 0 fully saturated rings. The molecule has 1 heterocycles. The molecule has 0 saturated heterocycles. The monoisotopic (exact) mass is 488 g/mol. The van der Waals surface area contributed by atoms with Gasteiger partial charge in [-0.3, -0.25) is 0 Å². The van der Waals surface area contributed by atoms with Gasteiger partial charge in [0.25, 0.3) is 0 Å². The predicted molar refractivity (Wildman–Crippen MR) is 122 cm³/mol. The first-order valence-corrected chi connectivity index (χ1v) is 10.6. The molecule has 0 saturated carbocycles. The normalized spacial score (nSPS) is 13.8. The molecule has 2 aromatic carbocycles. The molecule has 0 aliphatic heterocycles. The Balaban J connectivity index is 2.17. The number of aryl methyl sites for hydroxylation is 1. The quantitative estimate of drug-likeness (QED) is 0.352. The zero-order chi connectivity index (χ0) is 26.2. The van der Waals surface area contributed by atoms with Gasteiger partial charge in [0, 0.05) is 34.7 Å². The Morgan fingerprint density at radius 2 is 1.89 bits per heavy atom. The van der Waals surface area contributed by atoms with Crippen molar-refractivity contribution in [3.63, 3.8) is 0 Å². The van der Waals surface area contributed by atoms with Gasteiger partial charge in [0.05, 0.1) is 25.3 Å². The molecule has 6 nitrogen and oxygen atoms in total. The highest BCUT2D eigenvalue weighted by molar-refractivity contribution is 6.13. The summed E-state index contributed by atoms with van der Waals surface area (Å²) in [6, 6.07) is 8.70. The minimum absolute atomic E-state index is 0.0204. The van der Waals surface area contributed by atoms with Crippen LogP contribution in [0.4, 0.5) is 17.6 Å². The van der Waals surface area contributed by atoms with E-state index in [1.54, 1.807) is 18.2 Å². The highest BCUT2D eigenvalue weighted by Gasteiger charge is 2.59. The number of nitriles is 1. The molecule has 3 aromatic rings. The van der Waals surface area contributed by atoms with Gasteiger partial charge >= 0.3 is 6.18 Å². The number of benzene rings is 2.